The summed E-state index contributed by atoms with van der Waals surface area (Å²) in [4.78, 5) is 27.0. The van der Waals surface area contributed by atoms with Gasteiger partial charge in [0.25, 0.3) is 5.91 Å². The molecule has 1 aliphatic heterocycles. The van der Waals surface area contributed by atoms with E-state index in [1.165, 1.54) is 4.90 Å². The molecule has 1 aliphatic rings. The predicted octanol–water partition coefficient (Wildman–Crippen LogP) is 0.564. The van der Waals surface area contributed by atoms with Gasteiger partial charge in [-0.3, -0.25) is 9.48 Å². The van der Waals surface area contributed by atoms with Crippen LogP contribution in [0.3, 0.4) is 0 Å². The molecule has 22 heavy (non-hydrogen) atoms. The summed E-state index contributed by atoms with van der Waals surface area (Å²) >= 11 is 0. The van der Waals surface area contributed by atoms with Crippen molar-refractivity contribution in [2.24, 2.45) is 0 Å². The Morgan fingerprint density at radius 1 is 1.41 bits per heavy atom. The Hall–Kier alpha value is -2.12. The highest BCUT2D eigenvalue weighted by Crippen LogP contribution is 2.20. The smallest absolute Gasteiger partial charge is 0.317 e. The van der Waals surface area contributed by atoms with Crippen LogP contribution in [0.15, 0.2) is 6.20 Å². The van der Waals surface area contributed by atoms with Gasteiger partial charge in [0.2, 0.25) is 0 Å². The van der Waals surface area contributed by atoms with Crippen molar-refractivity contribution < 1.29 is 9.59 Å². The van der Waals surface area contributed by atoms with Crippen molar-refractivity contribution >= 4 is 11.9 Å². The van der Waals surface area contributed by atoms with E-state index in [9.17, 15) is 9.59 Å². The predicted molar refractivity (Wildman–Crippen MR) is 81.5 cm³/mol. The van der Waals surface area contributed by atoms with Gasteiger partial charge in [-0.2, -0.15) is 0 Å². The van der Waals surface area contributed by atoms with Crippen LogP contribution in [0.5, 0.6) is 0 Å². The van der Waals surface area contributed by atoms with E-state index in [4.69, 9.17) is 0 Å². The topological polar surface area (TPSA) is 83.4 Å². The van der Waals surface area contributed by atoms with E-state index in [1.807, 2.05) is 4.90 Å². The van der Waals surface area contributed by atoms with E-state index in [0.29, 0.717) is 12.2 Å². The number of aromatic nitrogens is 3. The summed E-state index contributed by atoms with van der Waals surface area (Å²) in [7, 11) is 5.03. The lowest BCUT2D eigenvalue weighted by Crippen LogP contribution is -2.48. The molecule has 0 bridgehead atoms. The first-order chi connectivity index (χ1) is 10.5. The maximum absolute atomic E-state index is 11.9. The molecule has 1 aromatic heterocycles. The molecule has 122 valence electrons. The minimum absolute atomic E-state index is 0.0215. The lowest BCUT2D eigenvalue weighted by molar-refractivity contribution is 0.0822. The molecule has 8 nitrogen and oxygen atoms in total. The quantitative estimate of drug-likeness (QED) is 0.881. The minimum Gasteiger partial charge on any atom is -0.343 e. The van der Waals surface area contributed by atoms with Crippen molar-refractivity contribution in [3.05, 3.63) is 11.9 Å². The van der Waals surface area contributed by atoms with Crippen LogP contribution in [0.1, 0.15) is 36.2 Å². The number of carbonyl (C=O) groups is 2. The Bertz CT molecular complexity index is 527. The van der Waals surface area contributed by atoms with Gasteiger partial charge in [0.05, 0.1) is 6.20 Å². The Morgan fingerprint density at radius 2 is 2.18 bits per heavy atom. The number of carbonyl (C=O) groups excluding carboxylic acids is 2. The summed E-state index contributed by atoms with van der Waals surface area (Å²) < 4.78 is 1.67. The number of urea groups is 1. The highest BCUT2D eigenvalue weighted by molar-refractivity contribution is 5.91. The molecular weight excluding hydrogens is 284 g/mol. The Labute approximate surface area is 130 Å². The van der Waals surface area contributed by atoms with Crippen molar-refractivity contribution in [3.63, 3.8) is 0 Å². The molecule has 0 radical (unpaired) electrons. The van der Waals surface area contributed by atoms with E-state index in [2.05, 4.69) is 15.6 Å². The molecular formula is C14H24N6O2. The number of likely N-dealkylation sites (tertiary alicyclic amines) is 1. The molecule has 0 aliphatic carbocycles. The number of hydrogen-bond donors (Lipinski definition) is 1. The largest absolute Gasteiger partial charge is 0.343 e. The second kappa shape index (κ2) is 7.24. The molecule has 1 atom stereocenters. The lowest BCUT2D eigenvalue weighted by atomic mass is 10.00. The molecule has 1 N–H and O–H groups in total. The zero-order valence-electron chi connectivity index (χ0n) is 13.4. The SMILES string of the molecule is CNC(=O)N1CCCCC1CCn1cc(C(=O)N(C)C)nn1. The van der Waals surface area contributed by atoms with E-state index >= 15 is 0 Å². The van der Waals surface area contributed by atoms with Crippen LogP contribution < -0.4 is 5.32 Å². The average Bonchev–Trinajstić information content (AvgIpc) is 3.00. The Morgan fingerprint density at radius 3 is 2.86 bits per heavy atom. The third-order valence-corrected chi connectivity index (χ3v) is 3.96. The van der Waals surface area contributed by atoms with Crippen molar-refractivity contribution in [1.82, 2.24) is 30.1 Å². The van der Waals surface area contributed by atoms with Gasteiger partial charge in [-0.1, -0.05) is 5.21 Å². The number of rotatable bonds is 4. The molecule has 1 unspecified atom stereocenters. The Balaban J connectivity index is 1.94. The summed E-state index contributed by atoms with van der Waals surface area (Å²) in [6.45, 7) is 1.44. The van der Waals surface area contributed by atoms with Crippen LogP contribution in [0.25, 0.3) is 0 Å². The average molecular weight is 308 g/mol. The number of nitrogens with one attached hydrogen (secondary N) is 1. The van der Waals surface area contributed by atoms with Gasteiger partial charge in [-0.15, -0.1) is 5.10 Å². The number of hydrogen-bond acceptors (Lipinski definition) is 4. The van der Waals surface area contributed by atoms with Crippen molar-refractivity contribution in [1.29, 1.82) is 0 Å². The normalized spacial score (nSPS) is 18.1. The molecule has 2 heterocycles. The fourth-order valence-electron chi connectivity index (χ4n) is 2.73. The van der Waals surface area contributed by atoms with E-state index in [0.717, 1.165) is 32.2 Å². The molecule has 0 saturated carbocycles. The highest BCUT2D eigenvalue weighted by Gasteiger charge is 2.26. The zero-order chi connectivity index (χ0) is 16.1. The number of amides is 3. The van der Waals surface area contributed by atoms with E-state index in [1.54, 1.807) is 32.0 Å². The van der Waals surface area contributed by atoms with Crippen LogP contribution in [-0.2, 0) is 6.54 Å². The zero-order valence-corrected chi connectivity index (χ0v) is 13.4. The summed E-state index contributed by atoms with van der Waals surface area (Å²) in [5.74, 6) is -0.157. The van der Waals surface area contributed by atoms with Gasteiger partial charge in [-0.25, -0.2) is 4.79 Å². The van der Waals surface area contributed by atoms with Crippen molar-refractivity contribution in [3.8, 4) is 0 Å². The Kier molecular flexibility index (Phi) is 5.35. The number of aryl methyl sites for hydroxylation is 1. The summed E-state index contributed by atoms with van der Waals surface area (Å²) in [6.07, 6.45) is 5.67. The molecule has 2 rings (SSSR count). The van der Waals surface area contributed by atoms with Crippen LogP contribution in [-0.4, -0.2) is 70.5 Å². The van der Waals surface area contributed by atoms with E-state index in [-0.39, 0.29) is 18.0 Å². The molecule has 0 aromatic carbocycles. The van der Waals surface area contributed by atoms with Crippen LogP contribution in [0.4, 0.5) is 4.79 Å². The van der Waals surface area contributed by atoms with Crippen molar-refractivity contribution in [2.45, 2.75) is 38.3 Å². The van der Waals surface area contributed by atoms with Crippen LogP contribution in [0.2, 0.25) is 0 Å². The summed E-state index contributed by atoms with van der Waals surface area (Å²) in [5.41, 5.74) is 0.344. The third-order valence-electron chi connectivity index (χ3n) is 3.96. The molecule has 3 amide bonds. The second-order valence-electron chi connectivity index (χ2n) is 5.75. The maximum Gasteiger partial charge on any atom is 0.317 e. The molecule has 1 fully saturated rings. The van der Waals surface area contributed by atoms with Gasteiger partial charge < -0.3 is 15.1 Å². The first-order valence-electron chi connectivity index (χ1n) is 7.63. The summed E-state index contributed by atoms with van der Waals surface area (Å²) in [5, 5.41) is 10.6. The lowest BCUT2D eigenvalue weighted by Gasteiger charge is -2.35. The first-order valence-corrected chi connectivity index (χ1v) is 7.63. The standard InChI is InChI=1S/C14H24N6O2/c1-15-14(22)20-8-5-4-6-11(20)7-9-19-10-12(16-17-19)13(21)18(2)3/h10-11H,4-9H2,1-3H3,(H,15,22). The fourth-order valence-corrected chi connectivity index (χ4v) is 2.73. The maximum atomic E-state index is 11.9. The molecule has 1 saturated heterocycles. The third kappa shape index (κ3) is 3.75. The van der Waals surface area contributed by atoms with Gasteiger partial charge in [0.1, 0.15) is 0 Å². The molecule has 0 spiro atoms. The molecule has 1 aromatic rings. The van der Waals surface area contributed by atoms with E-state index < -0.39 is 0 Å². The fraction of sp³-hybridized carbons (Fsp3) is 0.714. The number of nitrogens with zero attached hydrogens (tertiary/aromatic N) is 5. The number of piperidine rings is 1. The van der Waals surface area contributed by atoms with Crippen LogP contribution in [0, 0.1) is 0 Å². The van der Waals surface area contributed by atoms with Crippen LogP contribution >= 0.6 is 0 Å². The van der Waals surface area contributed by atoms with Gasteiger partial charge in [-0.05, 0) is 25.7 Å². The van der Waals surface area contributed by atoms with Crippen molar-refractivity contribution in [2.75, 3.05) is 27.7 Å². The first kappa shape index (κ1) is 16.3. The molecule has 8 heteroatoms. The van der Waals surface area contributed by atoms with Gasteiger partial charge in [0, 0.05) is 40.3 Å². The van der Waals surface area contributed by atoms with Gasteiger partial charge >= 0.3 is 6.03 Å². The second-order valence-corrected chi connectivity index (χ2v) is 5.75. The monoisotopic (exact) mass is 308 g/mol. The summed E-state index contributed by atoms with van der Waals surface area (Å²) in [6, 6.07) is 0.192. The highest BCUT2D eigenvalue weighted by atomic mass is 16.2. The minimum atomic E-state index is -0.157. The van der Waals surface area contributed by atoms with Gasteiger partial charge in [0.15, 0.2) is 5.69 Å².